The first kappa shape index (κ1) is 15.0. The minimum atomic E-state index is 0.158. The van der Waals surface area contributed by atoms with Crippen LogP contribution in [0.25, 0.3) is 10.9 Å². The van der Waals surface area contributed by atoms with Gasteiger partial charge in [-0.3, -0.25) is 4.79 Å². The van der Waals surface area contributed by atoms with E-state index in [1.807, 2.05) is 35.4 Å². The van der Waals surface area contributed by atoms with Gasteiger partial charge in [0.05, 0.1) is 5.56 Å². The summed E-state index contributed by atoms with van der Waals surface area (Å²) >= 11 is 0. The van der Waals surface area contributed by atoms with E-state index in [0.29, 0.717) is 5.92 Å². The number of carbonyl (C=O) groups is 1. The number of hydrogen-bond acceptors (Lipinski definition) is 1. The standard InChI is InChI=1S/C21H22N2O/c24-21(19-14-22-20-11-5-4-10-18(19)20)23-12-6-9-17(15-23)13-16-7-2-1-3-8-16/h1-5,7-8,10-11,14,17,22H,6,9,12-13,15H2. The highest BCUT2D eigenvalue weighted by Gasteiger charge is 2.26. The lowest BCUT2D eigenvalue weighted by Crippen LogP contribution is -2.40. The van der Waals surface area contributed by atoms with Crippen molar-refractivity contribution < 1.29 is 4.79 Å². The summed E-state index contributed by atoms with van der Waals surface area (Å²) in [4.78, 5) is 18.2. The van der Waals surface area contributed by atoms with E-state index in [1.54, 1.807) is 0 Å². The van der Waals surface area contributed by atoms with E-state index in [0.717, 1.165) is 42.4 Å². The maximum absolute atomic E-state index is 13.0. The minimum absolute atomic E-state index is 0.158. The minimum Gasteiger partial charge on any atom is -0.360 e. The van der Waals surface area contributed by atoms with Gasteiger partial charge in [0.15, 0.2) is 0 Å². The van der Waals surface area contributed by atoms with Crippen LogP contribution < -0.4 is 0 Å². The second-order valence-electron chi connectivity index (χ2n) is 6.70. The maximum atomic E-state index is 13.0. The number of carbonyl (C=O) groups excluding carboxylic acids is 1. The summed E-state index contributed by atoms with van der Waals surface area (Å²) in [6.07, 6.45) is 5.20. The normalized spacial score (nSPS) is 18.0. The van der Waals surface area contributed by atoms with Crippen LogP contribution in [0.5, 0.6) is 0 Å². The molecule has 24 heavy (non-hydrogen) atoms. The van der Waals surface area contributed by atoms with E-state index in [9.17, 15) is 4.79 Å². The van der Waals surface area contributed by atoms with Crippen LogP contribution in [0.3, 0.4) is 0 Å². The topological polar surface area (TPSA) is 36.1 Å². The number of H-pyrrole nitrogens is 1. The third-order valence-electron chi connectivity index (χ3n) is 4.99. The molecule has 1 saturated heterocycles. The first-order valence-corrected chi connectivity index (χ1v) is 8.70. The van der Waals surface area contributed by atoms with Crippen molar-refractivity contribution >= 4 is 16.8 Å². The van der Waals surface area contributed by atoms with Crippen molar-refractivity contribution in [3.8, 4) is 0 Å². The van der Waals surface area contributed by atoms with Gasteiger partial charge in [-0.05, 0) is 36.8 Å². The fourth-order valence-electron chi connectivity index (χ4n) is 3.78. The Kier molecular flexibility index (Phi) is 4.08. The van der Waals surface area contributed by atoms with Crippen molar-refractivity contribution in [3.05, 3.63) is 71.9 Å². The van der Waals surface area contributed by atoms with Crippen molar-refractivity contribution in [2.75, 3.05) is 13.1 Å². The zero-order valence-electron chi connectivity index (χ0n) is 13.7. The number of para-hydroxylation sites is 1. The van der Waals surface area contributed by atoms with Crippen LogP contribution in [-0.2, 0) is 6.42 Å². The molecular weight excluding hydrogens is 296 g/mol. The summed E-state index contributed by atoms with van der Waals surface area (Å²) in [5.41, 5.74) is 3.19. The molecule has 0 bridgehead atoms. The van der Waals surface area contributed by atoms with Crippen LogP contribution in [-0.4, -0.2) is 28.9 Å². The quantitative estimate of drug-likeness (QED) is 0.769. The molecule has 0 aliphatic carbocycles. The highest BCUT2D eigenvalue weighted by molar-refractivity contribution is 6.06. The molecule has 4 rings (SSSR count). The molecule has 1 aliphatic heterocycles. The second kappa shape index (κ2) is 6.52. The molecule has 0 spiro atoms. The Balaban J connectivity index is 1.50. The Hall–Kier alpha value is -2.55. The molecule has 0 saturated carbocycles. The van der Waals surface area contributed by atoms with Crippen LogP contribution >= 0.6 is 0 Å². The third-order valence-corrected chi connectivity index (χ3v) is 4.99. The van der Waals surface area contributed by atoms with Crippen molar-refractivity contribution in [1.82, 2.24) is 9.88 Å². The smallest absolute Gasteiger partial charge is 0.256 e. The fraction of sp³-hybridized carbons (Fsp3) is 0.286. The first-order valence-electron chi connectivity index (χ1n) is 8.70. The average molecular weight is 318 g/mol. The summed E-state index contributed by atoms with van der Waals surface area (Å²) in [6, 6.07) is 18.6. The van der Waals surface area contributed by atoms with Crippen molar-refractivity contribution in [3.63, 3.8) is 0 Å². The Morgan fingerprint density at radius 1 is 1.08 bits per heavy atom. The summed E-state index contributed by atoms with van der Waals surface area (Å²) in [5.74, 6) is 0.709. The van der Waals surface area contributed by atoms with E-state index < -0.39 is 0 Å². The monoisotopic (exact) mass is 318 g/mol. The predicted molar refractivity (Wildman–Crippen MR) is 97.1 cm³/mol. The summed E-state index contributed by atoms with van der Waals surface area (Å²) in [7, 11) is 0. The van der Waals surface area contributed by atoms with Crippen molar-refractivity contribution in [2.45, 2.75) is 19.3 Å². The highest BCUT2D eigenvalue weighted by Crippen LogP contribution is 2.25. The van der Waals surface area contributed by atoms with Crippen LogP contribution in [0.15, 0.2) is 60.8 Å². The van der Waals surface area contributed by atoms with Gasteiger partial charge in [-0.1, -0.05) is 48.5 Å². The van der Waals surface area contributed by atoms with Gasteiger partial charge in [-0.2, -0.15) is 0 Å². The van der Waals surface area contributed by atoms with E-state index in [2.05, 4.69) is 35.3 Å². The average Bonchev–Trinajstić information content (AvgIpc) is 3.06. The predicted octanol–water partition coefficient (Wildman–Crippen LogP) is 4.26. The maximum Gasteiger partial charge on any atom is 0.256 e. The molecule has 3 aromatic rings. The fourth-order valence-corrected chi connectivity index (χ4v) is 3.78. The summed E-state index contributed by atoms with van der Waals surface area (Å²) in [6.45, 7) is 1.72. The number of nitrogens with zero attached hydrogens (tertiary/aromatic N) is 1. The molecule has 0 radical (unpaired) electrons. The SMILES string of the molecule is O=C(c1c[nH]c2ccccc12)N1CCCC(Cc2ccccc2)C1. The molecule has 1 amide bonds. The first-order chi connectivity index (χ1) is 11.8. The molecule has 1 aliphatic rings. The van der Waals surface area contributed by atoms with Gasteiger partial charge < -0.3 is 9.88 Å². The molecule has 2 heterocycles. The second-order valence-corrected chi connectivity index (χ2v) is 6.70. The van der Waals surface area contributed by atoms with E-state index in [4.69, 9.17) is 0 Å². The van der Waals surface area contributed by atoms with E-state index in [-0.39, 0.29) is 5.91 Å². The van der Waals surface area contributed by atoms with Crippen LogP contribution in [0.1, 0.15) is 28.8 Å². The zero-order chi connectivity index (χ0) is 16.4. The van der Waals surface area contributed by atoms with Gasteiger partial charge in [-0.15, -0.1) is 0 Å². The molecule has 2 aromatic carbocycles. The number of hydrogen-bond donors (Lipinski definition) is 1. The lowest BCUT2D eigenvalue weighted by molar-refractivity contribution is 0.0675. The van der Waals surface area contributed by atoms with E-state index in [1.165, 1.54) is 12.0 Å². The molecule has 1 aromatic heterocycles. The third kappa shape index (κ3) is 2.94. The molecule has 3 heteroatoms. The van der Waals surface area contributed by atoms with Gasteiger partial charge in [0, 0.05) is 30.2 Å². The lowest BCUT2D eigenvalue weighted by Gasteiger charge is -2.33. The summed E-state index contributed by atoms with van der Waals surface area (Å²) < 4.78 is 0. The molecule has 3 nitrogen and oxygen atoms in total. The number of likely N-dealkylation sites (tertiary alicyclic amines) is 1. The molecule has 122 valence electrons. The van der Waals surface area contributed by atoms with Crippen LogP contribution in [0.2, 0.25) is 0 Å². The Morgan fingerprint density at radius 3 is 2.75 bits per heavy atom. The van der Waals surface area contributed by atoms with Gasteiger partial charge >= 0.3 is 0 Å². The Labute approximate surface area is 142 Å². The lowest BCUT2D eigenvalue weighted by atomic mass is 9.91. The number of nitrogens with one attached hydrogen (secondary N) is 1. The molecule has 1 atom stereocenters. The van der Waals surface area contributed by atoms with Crippen molar-refractivity contribution in [1.29, 1.82) is 0 Å². The molecule has 1 N–H and O–H groups in total. The Morgan fingerprint density at radius 2 is 1.88 bits per heavy atom. The van der Waals surface area contributed by atoms with E-state index >= 15 is 0 Å². The number of aromatic nitrogens is 1. The zero-order valence-corrected chi connectivity index (χ0v) is 13.7. The summed E-state index contributed by atoms with van der Waals surface area (Å²) in [5, 5.41) is 1.02. The van der Waals surface area contributed by atoms with Crippen LogP contribution in [0, 0.1) is 5.92 Å². The number of aromatic amines is 1. The van der Waals surface area contributed by atoms with Gasteiger partial charge in [0.25, 0.3) is 5.91 Å². The Bertz CT molecular complexity index is 837. The molecule has 1 unspecified atom stereocenters. The van der Waals surface area contributed by atoms with Gasteiger partial charge in [0.2, 0.25) is 0 Å². The number of fused-ring (bicyclic) bond motifs is 1. The number of amides is 1. The number of benzene rings is 2. The molecular formula is C21H22N2O. The van der Waals surface area contributed by atoms with Gasteiger partial charge in [0.1, 0.15) is 0 Å². The largest absolute Gasteiger partial charge is 0.360 e. The van der Waals surface area contributed by atoms with Crippen molar-refractivity contribution in [2.24, 2.45) is 5.92 Å². The number of rotatable bonds is 3. The highest BCUT2D eigenvalue weighted by atomic mass is 16.2. The van der Waals surface area contributed by atoms with Crippen LogP contribution in [0.4, 0.5) is 0 Å². The van der Waals surface area contributed by atoms with Gasteiger partial charge in [-0.25, -0.2) is 0 Å². The number of piperidine rings is 1. The molecule has 1 fully saturated rings.